The van der Waals surface area contributed by atoms with Gasteiger partial charge in [-0.2, -0.15) is 0 Å². The van der Waals surface area contributed by atoms with Crippen LogP contribution < -0.4 is 5.43 Å². The lowest BCUT2D eigenvalue weighted by Crippen LogP contribution is -2.60. The third-order valence-electron chi connectivity index (χ3n) is 9.40. The van der Waals surface area contributed by atoms with Crippen LogP contribution in [0.1, 0.15) is 23.3 Å². The predicted molar refractivity (Wildman–Crippen MR) is 165 cm³/mol. The Morgan fingerprint density at radius 1 is 0.686 bits per heavy atom. The van der Waals surface area contributed by atoms with Gasteiger partial charge in [0, 0.05) is 11.6 Å². The molecule has 280 valence electrons. The average molecular weight is 727 g/mol. The summed E-state index contributed by atoms with van der Waals surface area (Å²) in [5.74, 6) is -2.28. The van der Waals surface area contributed by atoms with Gasteiger partial charge in [-0.1, -0.05) is 0 Å². The normalized spacial score (nSPS) is 37.5. The molecule has 0 spiro atoms. The van der Waals surface area contributed by atoms with E-state index in [2.05, 4.69) is 0 Å². The molecule has 2 aromatic carbocycles. The highest BCUT2D eigenvalue weighted by molar-refractivity contribution is 5.92. The number of phenols is 3. The SMILES string of the molecule is O=c1cc(-c2ccc(O)cc2)oc2c(C3OCC(O)C(O)C3O)c(O)c(C3OC(COC4OC(CO)C(O)C(O)C4O)C(O)C(O)C3O)c(O)c12. The van der Waals surface area contributed by atoms with Crippen LogP contribution in [0.2, 0.25) is 0 Å². The van der Waals surface area contributed by atoms with E-state index in [0.717, 1.165) is 6.07 Å². The molecular formula is C32H38O19. The molecule has 0 aliphatic carbocycles. The molecule has 0 saturated carbocycles. The Labute approximate surface area is 286 Å². The van der Waals surface area contributed by atoms with E-state index < -0.39 is 144 Å². The molecule has 3 saturated heterocycles. The van der Waals surface area contributed by atoms with Crippen LogP contribution in [0.25, 0.3) is 22.3 Å². The number of benzene rings is 2. The number of aromatic hydroxyl groups is 3. The number of aliphatic hydroxyl groups excluding tert-OH is 10. The number of ether oxygens (including phenoxy) is 4. The number of aliphatic hydroxyl groups is 10. The van der Waals surface area contributed by atoms with Crippen molar-refractivity contribution in [3.8, 4) is 28.6 Å². The summed E-state index contributed by atoms with van der Waals surface area (Å²) < 4.78 is 28.1. The van der Waals surface area contributed by atoms with E-state index in [1.807, 2.05) is 0 Å². The van der Waals surface area contributed by atoms with E-state index in [-0.39, 0.29) is 17.1 Å². The molecular weight excluding hydrogens is 688 g/mol. The lowest BCUT2D eigenvalue weighted by molar-refractivity contribution is -0.314. The van der Waals surface area contributed by atoms with E-state index >= 15 is 0 Å². The standard InChI is InChI=1S/C32H38O19/c33-6-14-20(38)25(43)28(46)32(51-14)48-8-15-21(39)24(42)27(45)31(50-15)17-22(40)16-11(35)5-13(9-1-3-10(34)4-2-9)49-29(16)18(23(17)41)30-26(44)19(37)12(36)7-47-30/h1-5,12,14-15,19-21,24-28,30-34,36-46H,6-8H2. The molecule has 0 bridgehead atoms. The van der Waals surface area contributed by atoms with E-state index in [9.17, 15) is 71.2 Å². The van der Waals surface area contributed by atoms with Gasteiger partial charge < -0.3 is 89.7 Å². The number of phenolic OH excluding ortho intramolecular Hbond substituents is 3. The summed E-state index contributed by atoms with van der Waals surface area (Å²) in [6.45, 7) is -2.12. The molecule has 14 unspecified atom stereocenters. The van der Waals surface area contributed by atoms with Crippen molar-refractivity contribution < 1.29 is 89.7 Å². The predicted octanol–water partition coefficient (Wildman–Crippen LogP) is -3.93. The van der Waals surface area contributed by atoms with Gasteiger partial charge >= 0.3 is 0 Å². The van der Waals surface area contributed by atoms with Crippen molar-refractivity contribution >= 4 is 11.0 Å². The van der Waals surface area contributed by atoms with Crippen LogP contribution in [0.15, 0.2) is 39.5 Å². The van der Waals surface area contributed by atoms with Crippen LogP contribution >= 0.6 is 0 Å². The third kappa shape index (κ3) is 6.55. The van der Waals surface area contributed by atoms with Gasteiger partial charge in [-0.25, -0.2) is 0 Å². The number of hydrogen-bond acceptors (Lipinski definition) is 19. The highest BCUT2D eigenvalue weighted by Crippen LogP contribution is 2.50. The first kappa shape index (κ1) is 37.3. The molecule has 19 heteroatoms. The summed E-state index contributed by atoms with van der Waals surface area (Å²) in [4.78, 5) is 13.7. The monoisotopic (exact) mass is 726 g/mol. The molecule has 6 rings (SSSR count). The topological polar surface area (TPSA) is 330 Å². The van der Waals surface area contributed by atoms with Crippen molar-refractivity contribution in [2.75, 3.05) is 19.8 Å². The minimum absolute atomic E-state index is 0.107. The van der Waals surface area contributed by atoms with Crippen molar-refractivity contribution in [1.29, 1.82) is 0 Å². The molecule has 3 aliphatic heterocycles. The van der Waals surface area contributed by atoms with Gasteiger partial charge in [-0.05, 0) is 24.3 Å². The van der Waals surface area contributed by atoms with Crippen LogP contribution in [-0.4, -0.2) is 160 Å². The van der Waals surface area contributed by atoms with Crippen LogP contribution in [0.5, 0.6) is 17.2 Å². The van der Waals surface area contributed by atoms with Crippen molar-refractivity contribution in [2.45, 2.75) is 85.6 Å². The maximum absolute atomic E-state index is 13.7. The van der Waals surface area contributed by atoms with Gasteiger partial charge in [0.1, 0.15) is 108 Å². The Morgan fingerprint density at radius 3 is 1.98 bits per heavy atom. The second-order valence-electron chi connectivity index (χ2n) is 12.7. The summed E-state index contributed by atoms with van der Waals surface area (Å²) in [7, 11) is 0. The molecule has 1 aromatic heterocycles. The first-order valence-corrected chi connectivity index (χ1v) is 15.8. The average Bonchev–Trinajstić information content (AvgIpc) is 3.10. The first-order valence-electron chi connectivity index (χ1n) is 15.8. The Hall–Kier alpha value is -3.51. The summed E-state index contributed by atoms with van der Waals surface area (Å²) in [6, 6.07) is 6.34. The largest absolute Gasteiger partial charge is 0.508 e. The fourth-order valence-electron chi connectivity index (χ4n) is 6.49. The summed E-state index contributed by atoms with van der Waals surface area (Å²) in [5, 5.41) is 137. The van der Waals surface area contributed by atoms with Gasteiger partial charge in [-0.3, -0.25) is 4.79 Å². The van der Waals surface area contributed by atoms with Crippen LogP contribution in [0.3, 0.4) is 0 Å². The fraction of sp³-hybridized carbons (Fsp3) is 0.531. The van der Waals surface area contributed by atoms with Crippen molar-refractivity contribution in [2.24, 2.45) is 0 Å². The second-order valence-corrected chi connectivity index (χ2v) is 12.7. The minimum atomic E-state index is -2.13. The number of rotatable bonds is 7. The molecule has 3 fully saturated rings. The maximum Gasteiger partial charge on any atom is 0.197 e. The minimum Gasteiger partial charge on any atom is -0.508 e. The quantitative estimate of drug-likeness (QED) is 0.111. The Kier molecular flexibility index (Phi) is 10.6. The summed E-state index contributed by atoms with van der Waals surface area (Å²) in [6.07, 6.45) is -25.3. The van der Waals surface area contributed by atoms with Crippen molar-refractivity contribution in [3.05, 3.63) is 51.7 Å². The number of fused-ring (bicyclic) bond motifs is 1. The lowest BCUT2D eigenvalue weighted by Gasteiger charge is -2.43. The Morgan fingerprint density at radius 2 is 1.31 bits per heavy atom. The molecule has 3 aromatic rings. The van der Waals surface area contributed by atoms with Gasteiger partial charge in [0.2, 0.25) is 0 Å². The van der Waals surface area contributed by atoms with Gasteiger partial charge in [0.25, 0.3) is 0 Å². The van der Waals surface area contributed by atoms with Crippen LogP contribution in [0.4, 0.5) is 0 Å². The highest BCUT2D eigenvalue weighted by atomic mass is 16.7. The zero-order chi connectivity index (χ0) is 37.0. The molecule has 3 aliphatic rings. The van der Waals surface area contributed by atoms with Crippen LogP contribution in [-0.2, 0) is 18.9 Å². The van der Waals surface area contributed by atoms with E-state index in [1.54, 1.807) is 0 Å². The fourth-order valence-corrected chi connectivity index (χ4v) is 6.49. The van der Waals surface area contributed by atoms with Crippen molar-refractivity contribution in [1.82, 2.24) is 0 Å². The third-order valence-corrected chi connectivity index (χ3v) is 9.40. The molecule has 19 nitrogen and oxygen atoms in total. The van der Waals surface area contributed by atoms with E-state index in [0.29, 0.717) is 0 Å². The summed E-state index contributed by atoms with van der Waals surface area (Å²) in [5.41, 5.74) is -2.52. The molecule has 0 radical (unpaired) electrons. The smallest absolute Gasteiger partial charge is 0.197 e. The maximum atomic E-state index is 13.7. The molecule has 14 atom stereocenters. The van der Waals surface area contributed by atoms with Gasteiger partial charge in [0.05, 0.1) is 30.9 Å². The zero-order valence-electron chi connectivity index (χ0n) is 26.4. The lowest BCUT2D eigenvalue weighted by atomic mass is 9.85. The molecule has 13 N–H and O–H groups in total. The Bertz CT molecular complexity index is 1760. The van der Waals surface area contributed by atoms with Crippen molar-refractivity contribution in [3.63, 3.8) is 0 Å². The summed E-state index contributed by atoms with van der Waals surface area (Å²) >= 11 is 0. The van der Waals surface area contributed by atoms with E-state index in [1.165, 1.54) is 24.3 Å². The molecule has 51 heavy (non-hydrogen) atoms. The Balaban J connectivity index is 1.44. The second kappa shape index (κ2) is 14.5. The number of hydrogen-bond donors (Lipinski definition) is 13. The zero-order valence-corrected chi connectivity index (χ0v) is 26.4. The highest BCUT2D eigenvalue weighted by Gasteiger charge is 2.50. The van der Waals surface area contributed by atoms with E-state index in [4.69, 9.17) is 23.4 Å². The van der Waals surface area contributed by atoms with Gasteiger partial charge in [0.15, 0.2) is 17.3 Å². The molecule has 4 heterocycles. The van der Waals surface area contributed by atoms with Crippen LogP contribution in [0, 0.1) is 0 Å². The molecule has 0 amide bonds. The first-order chi connectivity index (χ1) is 24.2. The van der Waals surface area contributed by atoms with Gasteiger partial charge in [-0.15, -0.1) is 0 Å².